The number of benzene rings is 1. The lowest BCUT2D eigenvalue weighted by Gasteiger charge is -2.05. The highest BCUT2D eigenvalue weighted by molar-refractivity contribution is 5.38. The van der Waals surface area contributed by atoms with Crippen LogP contribution in [0.4, 0.5) is 0 Å². The molecular weight excluding hydrogens is 222 g/mol. The van der Waals surface area contributed by atoms with Crippen molar-refractivity contribution in [2.45, 2.75) is 33.6 Å². The maximum Gasteiger partial charge on any atom is 0.0649 e. The van der Waals surface area contributed by atoms with Crippen molar-refractivity contribution >= 4 is 0 Å². The van der Waals surface area contributed by atoms with Crippen molar-refractivity contribution < 1.29 is 0 Å². The number of nitrogens with zero attached hydrogens (tertiary/aromatic N) is 2. The summed E-state index contributed by atoms with van der Waals surface area (Å²) in [4.78, 5) is 0. The Labute approximate surface area is 109 Å². The van der Waals surface area contributed by atoms with Gasteiger partial charge in [0.1, 0.15) is 0 Å². The van der Waals surface area contributed by atoms with Gasteiger partial charge in [0.05, 0.1) is 11.4 Å². The summed E-state index contributed by atoms with van der Waals surface area (Å²) in [5, 5.41) is 4.64. The van der Waals surface area contributed by atoms with Gasteiger partial charge in [0.25, 0.3) is 0 Å². The Bertz CT molecular complexity index is 523. The summed E-state index contributed by atoms with van der Waals surface area (Å²) in [6.45, 7) is 7.03. The van der Waals surface area contributed by atoms with E-state index in [2.05, 4.69) is 50.1 Å². The SMILES string of the molecule is Cc1ccc(-n2nc(C)c(CCCN)c2C)cc1. The zero-order valence-corrected chi connectivity index (χ0v) is 11.4. The second kappa shape index (κ2) is 5.36. The van der Waals surface area contributed by atoms with Crippen LogP contribution in [0.1, 0.15) is 28.9 Å². The third kappa shape index (κ3) is 2.46. The minimum absolute atomic E-state index is 0.731. The molecular formula is C15H21N3. The van der Waals surface area contributed by atoms with Crippen LogP contribution >= 0.6 is 0 Å². The fourth-order valence-electron chi connectivity index (χ4n) is 2.25. The van der Waals surface area contributed by atoms with Crippen LogP contribution in [0.25, 0.3) is 5.69 Å². The summed E-state index contributed by atoms with van der Waals surface area (Å²) in [6.07, 6.45) is 2.03. The zero-order chi connectivity index (χ0) is 13.1. The Balaban J connectivity index is 2.37. The lowest BCUT2D eigenvalue weighted by Crippen LogP contribution is -2.02. The third-order valence-electron chi connectivity index (χ3n) is 3.35. The molecule has 2 rings (SSSR count). The Morgan fingerprint density at radius 3 is 2.39 bits per heavy atom. The van der Waals surface area contributed by atoms with Crippen molar-refractivity contribution in [2.75, 3.05) is 6.54 Å². The second-order valence-electron chi connectivity index (χ2n) is 4.79. The van der Waals surface area contributed by atoms with E-state index in [1.54, 1.807) is 0 Å². The quantitative estimate of drug-likeness (QED) is 0.897. The van der Waals surface area contributed by atoms with Crippen LogP contribution in [0.15, 0.2) is 24.3 Å². The topological polar surface area (TPSA) is 43.8 Å². The van der Waals surface area contributed by atoms with Crippen LogP contribution in [0, 0.1) is 20.8 Å². The Morgan fingerprint density at radius 2 is 1.78 bits per heavy atom. The van der Waals surface area contributed by atoms with Crippen LogP contribution in [0.3, 0.4) is 0 Å². The van der Waals surface area contributed by atoms with Crippen LogP contribution in [-0.2, 0) is 6.42 Å². The Morgan fingerprint density at radius 1 is 1.11 bits per heavy atom. The molecule has 0 aliphatic heterocycles. The monoisotopic (exact) mass is 243 g/mol. The maximum atomic E-state index is 5.58. The molecule has 3 heteroatoms. The first-order chi connectivity index (χ1) is 8.63. The molecule has 0 saturated carbocycles. The van der Waals surface area contributed by atoms with E-state index in [-0.39, 0.29) is 0 Å². The highest BCUT2D eigenvalue weighted by atomic mass is 15.3. The molecule has 0 saturated heterocycles. The molecule has 2 N–H and O–H groups in total. The van der Waals surface area contributed by atoms with E-state index < -0.39 is 0 Å². The molecule has 96 valence electrons. The standard InChI is InChI=1S/C15H21N3/c1-11-6-8-14(9-7-11)18-13(3)15(5-4-10-16)12(2)17-18/h6-9H,4-5,10,16H2,1-3H3. The average molecular weight is 243 g/mol. The minimum atomic E-state index is 0.731. The predicted octanol–water partition coefficient (Wildman–Crippen LogP) is 2.69. The summed E-state index contributed by atoms with van der Waals surface area (Å²) >= 11 is 0. The van der Waals surface area contributed by atoms with Crippen LogP contribution in [-0.4, -0.2) is 16.3 Å². The van der Waals surface area contributed by atoms with Gasteiger partial charge in [0.15, 0.2) is 0 Å². The summed E-state index contributed by atoms with van der Waals surface area (Å²) in [6, 6.07) is 8.46. The lowest BCUT2D eigenvalue weighted by atomic mass is 10.1. The van der Waals surface area contributed by atoms with Gasteiger partial charge in [-0.3, -0.25) is 0 Å². The maximum absolute atomic E-state index is 5.58. The van der Waals surface area contributed by atoms with E-state index in [0.717, 1.165) is 30.8 Å². The normalized spacial score (nSPS) is 10.9. The van der Waals surface area contributed by atoms with Crippen LogP contribution in [0.5, 0.6) is 0 Å². The number of aryl methyl sites for hydroxylation is 2. The Kier molecular flexibility index (Phi) is 3.82. The van der Waals surface area contributed by atoms with E-state index >= 15 is 0 Å². The minimum Gasteiger partial charge on any atom is -0.330 e. The fraction of sp³-hybridized carbons (Fsp3) is 0.400. The van der Waals surface area contributed by atoms with E-state index in [9.17, 15) is 0 Å². The van der Waals surface area contributed by atoms with Gasteiger partial charge in [-0.2, -0.15) is 5.10 Å². The molecule has 0 unspecified atom stereocenters. The summed E-state index contributed by atoms with van der Waals surface area (Å²) in [5.41, 5.74) is 11.6. The van der Waals surface area contributed by atoms with Crippen molar-refractivity contribution in [2.24, 2.45) is 5.73 Å². The molecule has 0 atom stereocenters. The van der Waals surface area contributed by atoms with Crippen molar-refractivity contribution in [1.29, 1.82) is 0 Å². The van der Waals surface area contributed by atoms with Gasteiger partial charge in [0.2, 0.25) is 0 Å². The first-order valence-corrected chi connectivity index (χ1v) is 6.45. The highest BCUT2D eigenvalue weighted by Gasteiger charge is 2.11. The molecule has 2 aromatic rings. The Hall–Kier alpha value is -1.61. The van der Waals surface area contributed by atoms with Gasteiger partial charge in [0, 0.05) is 5.69 Å². The van der Waals surface area contributed by atoms with Gasteiger partial charge in [-0.25, -0.2) is 4.68 Å². The molecule has 0 spiro atoms. The molecule has 0 aliphatic rings. The van der Waals surface area contributed by atoms with Gasteiger partial charge >= 0.3 is 0 Å². The number of hydrogen-bond donors (Lipinski definition) is 1. The van der Waals surface area contributed by atoms with Gasteiger partial charge < -0.3 is 5.73 Å². The van der Waals surface area contributed by atoms with Crippen molar-refractivity contribution in [3.63, 3.8) is 0 Å². The van der Waals surface area contributed by atoms with E-state index in [4.69, 9.17) is 5.73 Å². The second-order valence-corrected chi connectivity index (χ2v) is 4.79. The predicted molar refractivity (Wildman–Crippen MR) is 75.2 cm³/mol. The molecule has 0 radical (unpaired) electrons. The molecule has 0 aliphatic carbocycles. The summed E-state index contributed by atoms with van der Waals surface area (Å²) in [7, 11) is 0. The van der Waals surface area contributed by atoms with E-state index in [0.29, 0.717) is 0 Å². The molecule has 1 aromatic carbocycles. The number of aromatic nitrogens is 2. The van der Waals surface area contributed by atoms with Gasteiger partial charge in [-0.15, -0.1) is 0 Å². The number of hydrogen-bond acceptors (Lipinski definition) is 2. The van der Waals surface area contributed by atoms with E-state index in [1.165, 1.54) is 16.8 Å². The third-order valence-corrected chi connectivity index (χ3v) is 3.35. The van der Waals surface area contributed by atoms with E-state index in [1.807, 2.05) is 4.68 Å². The van der Waals surface area contributed by atoms with Crippen molar-refractivity contribution in [3.05, 3.63) is 46.8 Å². The zero-order valence-electron chi connectivity index (χ0n) is 11.4. The van der Waals surface area contributed by atoms with Crippen LogP contribution < -0.4 is 5.73 Å². The largest absolute Gasteiger partial charge is 0.330 e. The van der Waals surface area contributed by atoms with Crippen LogP contribution in [0.2, 0.25) is 0 Å². The molecule has 1 heterocycles. The first kappa shape index (κ1) is 12.8. The molecule has 18 heavy (non-hydrogen) atoms. The first-order valence-electron chi connectivity index (χ1n) is 6.45. The highest BCUT2D eigenvalue weighted by Crippen LogP contribution is 2.19. The number of rotatable bonds is 4. The van der Waals surface area contributed by atoms with Crippen molar-refractivity contribution in [1.82, 2.24) is 9.78 Å². The lowest BCUT2D eigenvalue weighted by molar-refractivity contribution is 0.815. The number of nitrogens with two attached hydrogens (primary N) is 1. The average Bonchev–Trinajstić information content (AvgIpc) is 2.64. The van der Waals surface area contributed by atoms with Gasteiger partial charge in [-0.1, -0.05) is 17.7 Å². The summed E-state index contributed by atoms with van der Waals surface area (Å²) in [5.74, 6) is 0. The molecule has 0 bridgehead atoms. The summed E-state index contributed by atoms with van der Waals surface area (Å²) < 4.78 is 2.03. The molecule has 0 fully saturated rings. The molecule has 1 aromatic heterocycles. The smallest absolute Gasteiger partial charge is 0.0649 e. The molecule has 0 amide bonds. The fourth-order valence-corrected chi connectivity index (χ4v) is 2.25. The van der Waals surface area contributed by atoms with Gasteiger partial charge in [-0.05, 0) is 57.9 Å². The molecule has 3 nitrogen and oxygen atoms in total. The van der Waals surface area contributed by atoms with Crippen molar-refractivity contribution in [3.8, 4) is 5.69 Å².